The van der Waals surface area contributed by atoms with Crippen molar-refractivity contribution in [2.45, 2.75) is 47.6 Å². The van der Waals surface area contributed by atoms with E-state index in [4.69, 9.17) is 4.74 Å². The lowest BCUT2D eigenvalue weighted by molar-refractivity contribution is -0.143. The lowest BCUT2D eigenvalue weighted by atomic mass is 10.0. The van der Waals surface area contributed by atoms with E-state index in [2.05, 4.69) is 10.1 Å². The van der Waals surface area contributed by atoms with Crippen LogP contribution in [0.15, 0.2) is 11.8 Å². The van der Waals surface area contributed by atoms with E-state index in [1.165, 1.54) is 13.0 Å². The van der Waals surface area contributed by atoms with E-state index in [9.17, 15) is 14.4 Å². The standard InChI is InChI=1S/C15H25NO5/c1-9(2)8-20-15(19)21-14(18)13(10(3)4)16-11(5)7-12(6)17/h7,9-10,13,16H,8H2,1-6H3/b11-7-/t13-/m0/s1. The molecule has 0 amide bonds. The second-order valence-corrected chi connectivity index (χ2v) is 5.68. The van der Waals surface area contributed by atoms with Crippen LogP contribution in [0, 0.1) is 11.8 Å². The molecule has 0 rings (SSSR count). The minimum absolute atomic E-state index is 0.120. The number of nitrogens with one attached hydrogen (secondary N) is 1. The molecule has 0 fully saturated rings. The summed E-state index contributed by atoms with van der Waals surface area (Å²) < 4.78 is 9.45. The molecule has 0 spiro atoms. The molecule has 0 aliphatic rings. The van der Waals surface area contributed by atoms with Gasteiger partial charge in [0.15, 0.2) is 5.78 Å². The van der Waals surface area contributed by atoms with Gasteiger partial charge in [0.25, 0.3) is 0 Å². The highest BCUT2D eigenvalue weighted by Gasteiger charge is 2.26. The van der Waals surface area contributed by atoms with Gasteiger partial charge >= 0.3 is 12.1 Å². The second-order valence-electron chi connectivity index (χ2n) is 5.68. The van der Waals surface area contributed by atoms with Crippen LogP contribution in [0.4, 0.5) is 4.79 Å². The summed E-state index contributed by atoms with van der Waals surface area (Å²) in [5.74, 6) is -0.819. The number of esters is 1. The van der Waals surface area contributed by atoms with Crippen LogP contribution < -0.4 is 5.32 Å². The molecule has 21 heavy (non-hydrogen) atoms. The van der Waals surface area contributed by atoms with E-state index >= 15 is 0 Å². The molecule has 1 atom stereocenters. The SMILES string of the molecule is CC(=O)/C=C(/C)N[C@H](C(=O)OC(=O)OCC(C)C)C(C)C. The Kier molecular flexibility index (Phi) is 8.35. The predicted molar refractivity (Wildman–Crippen MR) is 78.5 cm³/mol. The summed E-state index contributed by atoms with van der Waals surface area (Å²) in [5.41, 5.74) is 0.536. The van der Waals surface area contributed by atoms with E-state index in [0.717, 1.165) is 0 Å². The molecule has 0 aliphatic carbocycles. The van der Waals surface area contributed by atoms with Crippen LogP contribution in [0.1, 0.15) is 41.5 Å². The average Bonchev–Trinajstić information content (AvgIpc) is 2.32. The Bertz CT molecular complexity index is 412. The molecule has 0 heterocycles. The summed E-state index contributed by atoms with van der Waals surface area (Å²) >= 11 is 0. The Morgan fingerprint density at radius 1 is 1.10 bits per heavy atom. The smallest absolute Gasteiger partial charge is 0.434 e. The van der Waals surface area contributed by atoms with Crippen molar-refractivity contribution in [3.8, 4) is 0 Å². The molecule has 0 saturated heterocycles. The van der Waals surface area contributed by atoms with Crippen LogP contribution in [0.25, 0.3) is 0 Å². The normalized spacial score (nSPS) is 13.0. The summed E-state index contributed by atoms with van der Waals surface area (Å²) in [5, 5.41) is 2.88. The van der Waals surface area contributed by atoms with E-state index in [1.807, 2.05) is 13.8 Å². The van der Waals surface area contributed by atoms with E-state index in [-0.39, 0.29) is 24.2 Å². The largest absolute Gasteiger partial charge is 0.516 e. The van der Waals surface area contributed by atoms with Crippen molar-refractivity contribution in [1.82, 2.24) is 5.32 Å². The van der Waals surface area contributed by atoms with Crippen LogP contribution in [0.2, 0.25) is 0 Å². The third-order valence-corrected chi connectivity index (χ3v) is 2.44. The van der Waals surface area contributed by atoms with Gasteiger partial charge in [-0.2, -0.15) is 0 Å². The van der Waals surface area contributed by atoms with Gasteiger partial charge in [-0.25, -0.2) is 9.59 Å². The summed E-state index contributed by atoms with van der Waals surface area (Å²) in [6.07, 6.45) is 0.370. The summed E-state index contributed by atoms with van der Waals surface area (Å²) in [4.78, 5) is 34.3. The number of carbonyl (C=O) groups is 3. The number of allylic oxidation sites excluding steroid dienone is 2. The average molecular weight is 299 g/mol. The topological polar surface area (TPSA) is 81.7 Å². The van der Waals surface area contributed by atoms with Gasteiger partial charge in [0.2, 0.25) is 0 Å². The third kappa shape index (κ3) is 8.83. The quantitative estimate of drug-likeness (QED) is 0.442. The monoisotopic (exact) mass is 299 g/mol. The maximum Gasteiger partial charge on any atom is 0.516 e. The zero-order valence-electron chi connectivity index (χ0n) is 13.6. The molecule has 120 valence electrons. The maximum absolute atomic E-state index is 12.0. The van der Waals surface area contributed by atoms with Crippen LogP contribution in [-0.2, 0) is 19.1 Å². The van der Waals surface area contributed by atoms with Gasteiger partial charge in [-0.1, -0.05) is 27.7 Å². The Morgan fingerprint density at radius 2 is 1.67 bits per heavy atom. The molecular formula is C15H25NO5. The number of ether oxygens (including phenoxy) is 2. The van der Waals surface area contributed by atoms with Gasteiger partial charge in [-0.05, 0) is 31.8 Å². The minimum Gasteiger partial charge on any atom is -0.434 e. The number of ketones is 1. The Labute approximate surface area is 125 Å². The molecule has 0 radical (unpaired) electrons. The molecule has 6 nitrogen and oxygen atoms in total. The van der Waals surface area contributed by atoms with Gasteiger partial charge in [0, 0.05) is 5.70 Å². The molecular weight excluding hydrogens is 274 g/mol. The predicted octanol–water partition coefficient (Wildman–Crippen LogP) is 2.43. The zero-order valence-corrected chi connectivity index (χ0v) is 13.6. The molecule has 0 aromatic rings. The van der Waals surface area contributed by atoms with Crippen molar-refractivity contribution >= 4 is 17.9 Å². The first kappa shape index (κ1) is 19.1. The number of hydrogen-bond donors (Lipinski definition) is 1. The van der Waals surface area contributed by atoms with Crippen molar-refractivity contribution < 1.29 is 23.9 Å². The molecule has 6 heteroatoms. The van der Waals surface area contributed by atoms with E-state index < -0.39 is 18.2 Å². The van der Waals surface area contributed by atoms with Gasteiger partial charge < -0.3 is 14.8 Å². The lowest BCUT2D eigenvalue weighted by Gasteiger charge is -2.21. The molecule has 0 aliphatic heterocycles. The number of hydrogen-bond acceptors (Lipinski definition) is 6. The molecule has 0 aromatic carbocycles. The highest BCUT2D eigenvalue weighted by molar-refractivity contribution is 5.88. The highest BCUT2D eigenvalue weighted by Crippen LogP contribution is 2.08. The first-order valence-electron chi connectivity index (χ1n) is 6.97. The maximum atomic E-state index is 12.0. The van der Waals surface area contributed by atoms with Gasteiger partial charge in [0.1, 0.15) is 6.04 Å². The van der Waals surface area contributed by atoms with E-state index in [1.54, 1.807) is 20.8 Å². The first-order valence-corrected chi connectivity index (χ1v) is 6.97. The van der Waals surface area contributed by atoms with Crippen LogP contribution in [0.3, 0.4) is 0 Å². The first-order chi connectivity index (χ1) is 9.63. The molecule has 0 aromatic heterocycles. The van der Waals surface area contributed by atoms with Crippen molar-refractivity contribution in [3.05, 3.63) is 11.8 Å². The molecule has 0 saturated carbocycles. The fourth-order valence-corrected chi connectivity index (χ4v) is 1.50. The van der Waals surface area contributed by atoms with Crippen molar-refractivity contribution in [2.24, 2.45) is 11.8 Å². The minimum atomic E-state index is -1.01. The van der Waals surface area contributed by atoms with Gasteiger partial charge in [-0.3, -0.25) is 4.79 Å². The fourth-order valence-electron chi connectivity index (χ4n) is 1.50. The Balaban J connectivity index is 4.63. The molecule has 0 unspecified atom stereocenters. The Morgan fingerprint density at radius 3 is 2.10 bits per heavy atom. The third-order valence-electron chi connectivity index (χ3n) is 2.44. The lowest BCUT2D eigenvalue weighted by Crippen LogP contribution is -2.42. The number of carbonyl (C=O) groups excluding carboxylic acids is 3. The summed E-state index contributed by atoms with van der Waals surface area (Å²) in [7, 11) is 0. The van der Waals surface area contributed by atoms with Crippen molar-refractivity contribution in [3.63, 3.8) is 0 Å². The number of rotatable bonds is 7. The molecule has 1 N–H and O–H groups in total. The van der Waals surface area contributed by atoms with Crippen LogP contribution >= 0.6 is 0 Å². The van der Waals surface area contributed by atoms with Crippen molar-refractivity contribution in [1.29, 1.82) is 0 Å². The highest BCUT2D eigenvalue weighted by atomic mass is 16.7. The van der Waals surface area contributed by atoms with E-state index in [0.29, 0.717) is 5.70 Å². The van der Waals surface area contributed by atoms with Gasteiger partial charge in [0.05, 0.1) is 6.61 Å². The van der Waals surface area contributed by atoms with Crippen LogP contribution in [-0.4, -0.2) is 30.6 Å². The van der Waals surface area contributed by atoms with Gasteiger partial charge in [-0.15, -0.1) is 0 Å². The summed E-state index contributed by atoms with van der Waals surface area (Å²) in [6.45, 7) is 10.6. The van der Waals surface area contributed by atoms with Crippen molar-refractivity contribution in [2.75, 3.05) is 6.61 Å². The second kappa shape index (κ2) is 9.15. The summed E-state index contributed by atoms with van der Waals surface area (Å²) in [6, 6.07) is -0.729. The Hall–Kier alpha value is -1.85. The zero-order chi connectivity index (χ0) is 16.6. The van der Waals surface area contributed by atoms with Crippen LogP contribution in [0.5, 0.6) is 0 Å². The fraction of sp³-hybridized carbons (Fsp3) is 0.667. The molecule has 0 bridgehead atoms.